The van der Waals surface area contributed by atoms with Gasteiger partial charge in [0.1, 0.15) is 22.4 Å². The van der Waals surface area contributed by atoms with Gasteiger partial charge in [0.2, 0.25) is 5.95 Å². The summed E-state index contributed by atoms with van der Waals surface area (Å²) in [6, 6.07) is 4.44. The number of phenols is 1. The fourth-order valence-corrected chi connectivity index (χ4v) is 4.04. The molecular formula is C19H17FN4O6S. The second-order valence-corrected chi connectivity index (χ2v) is 8.90. The first-order valence-electron chi connectivity index (χ1n) is 9.13. The van der Waals surface area contributed by atoms with Crippen molar-refractivity contribution in [2.75, 3.05) is 37.5 Å². The van der Waals surface area contributed by atoms with E-state index in [1.807, 2.05) is 0 Å². The van der Waals surface area contributed by atoms with E-state index in [1.165, 1.54) is 6.07 Å². The lowest BCUT2D eigenvalue weighted by atomic mass is 10.1. The van der Waals surface area contributed by atoms with Gasteiger partial charge in [-0.3, -0.25) is 0 Å². The van der Waals surface area contributed by atoms with Crippen LogP contribution in [0.25, 0.3) is 22.3 Å². The van der Waals surface area contributed by atoms with E-state index in [0.717, 1.165) is 24.5 Å². The zero-order valence-corrected chi connectivity index (χ0v) is 17.1. The summed E-state index contributed by atoms with van der Waals surface area (Å²) in [5, 5.41) is 18.9. The molecule has 0 aliphatic carbocycles. The molecule has 0 atom stereocenters. The Hall–Kier alpha value is -3.38. The standard InChI is InChI=1S/C19H17FN4O6S/c1-31(28,29)14-9-12(18(26)27)21-17-15(10-2-3-13(25)11(20)8-10)22-19(23-16(14)17)24-4-6-30-7-5-24/h2-3,8-9,25H,4-7H2,1H3,(H,26,27). The molecule has 0 unspecified atom stereocenters. The molecule has 2 N–H and O–H groups in total. The van der Waals surface area contributed by atoms with Crippen molar-refractivity contribution in [1.29, 1.82) is 0 Å². The quantitative estimate of drug-likeness (QED) is 0.602. The molecule has 2 aromatic heterocycles. The Bertz CT molecular complexity index is 1310. The number of nitrogens with zero attached hydrogens (tertiary/aromatic N) is 4. The van der Waals surface area contributed by atoms with E-state index in [2.05, 4.69) is 15.0 Å². The summed E-state index contributed by atoms with van der Waals surface area (Å²) in [5.74, 6) is -2.76. The molecule has 1 aromatic carbocycles. The molecular weight excluding hydrogens is 431 g/mol. The molecule has 1 aliphatic rings. The maximum absolute atomic E-state index is 14.1. The van der Waals surface area contributed by atoms with E-state index in [1.54, 1.807) is 4.90 Å². The van der Waals surface area contributed by atoms with Crippen molar-refractivity contribution in [2.24, 2.45) is 0 Å². The van der Waals surface area contributed by atoms with Crippen molar-refractivity contribution < 1.29 is 32.6 Å². The minimum absolute atomic E-state index is 0.0402. The number of sulfone groups is 1. The molecule has 0 radical (unpaired) electrons. The summed E-state index contributed by atoms with van der Waals surface area (Å²) in [6.45, 7) is 1.73. The Balaban J connectivity index is 2.10. The molecule has 10 nitrogen and oxygen atoms in total. The number of anilines is 1. The summed E-state index contributed by atoms with van der Waals surface area (Å²) in [4.78, 5) is 25.9. The first-order chi connectivity index (χ1) is 14.6. The lowest BCUT2D eigenvalue weighted by Crippen LogP contribution is -2.37. The lowest BCUT2D eigenvalue weighted by Gasteiger charge is -2.27. The monoisotopic (exact) mass is 448 g/mol. The largest absolute Gasteiger partial charge is 0.505 e. The van der Waals surface area contributed by atoms with E-state index >= 15 is 0 Å². The number of ether oxygens (including phenoxy) is 1. The second-order valence-electron chi connectivity index (χ2n) is 6.92. The van der Waals surface area contributed by atoms with E-state index in [4.69, 9.17) is 4.74 Å². The fourth-order valence-electron chi connectivity index (χ4n) is 3.22. The number of halogens is 1. The van der Waals surface area contributed by atoms with Crippen LogP contribution in [0.2, 0.25) is 0 Å². The maximum atomic E-state index is 14.1. The summed E-state index contributed by atoms with van der Waals surface area (Å²) in [7, 11) is -3.90. The van der Waals surface area contributed by atoms with Crippen LogP contribution >= 0.6 is 0 Å². The van der Waals surface area contributed by atoms with Gasteiger partial charge in [-0.1, -0.05) is 0 Å². The van der Waals surface area contributed by atoms with Crippen LogP contribution in [0.1, 0.15) is 10.5 Å². The van der Waals surface area contributed by atoms with Crippen LogP contribution < -0.4 is 4.90 Å². The number of hydrogen-bond acceptors (Lipinski definition) is 9. The maximum Gasteiger partial charge on any atom is 0.354 e. The Morgan fingerprint density at radius 1 is 1.13 bits per heavy atom. The van der Waals surface area contributed by atoms with Gasteiger partial charge in [0, 0.05) is 24.9 Å². The van der Waals surface area contributed by atoms with Crippen LogP contribution in [0.5, 0.6) is 5.75 Å². The van der Waals surface area contributed by atoms with E-state index < -0.39 is 33.1 Å². The highest BCUT2D eigenvalue weighted by Gasteiger charge is 2.25. The molecule has 0 amide bonds. The van der Waals surface area contributed by atoms with Crippen molar-refractivity contribution in [3.63, 3.8) is 0 Å². The van der Waals surface area contributed by atoms with Gasteiger partial charge >= 0.3 is 5.97 Å². The van der Waals surface area contributed by atoms with Crippen LogP contribution in [-0.4, -0.2) is 72.1 Å². The number of aromatic hydroxyl groups is 1. The van der Waals surface area contributed by atoms with Crippen molar-refractivity contribution in [3.8, 4) is 17.0 Å². The molecule has 0 spiro atoms. The number of fused-ring (bicyclic) bond motifs is 1. The minimum Gasteiger partial charge on any atom is -0.505 e. The normalized spacial score (nSPS) is 14.7. The molecule has 12 heteroatoms. The smallest absolute Gasteiger partial charge is 0.354 e. The topological polar surface area (TPSA) is 143 Å². The van der Waals surface area contributed by atoms with Gasteiger partial charge in [0.05, 0.1) is 18.1 Å². The van der Waals surface area contributed by atoms with Crippen LogP contribution in [0, 0.1) is 5.82 Å². The van der Waals surface area contributed by atoms with Crippen molar-refractivity contribution in [1.82, 2.24) is 15.0 Å². The zero-order valence-electron chi connectivity index (χ0n) is 16.2. The number of carbonyl (C=O) groups is 1. The third kappa shape index (κ3) is 3.99. The Morgan fingerprint density at radius 3 is 2.45 bits per heavy atom. The molecule has 0 saturated carbocycles. The molecule has 4 rings (SSSR count). The summed E-state index contributed by atoms with van der Waals surface area (Å²) in [5.41, 5.74) is -0.490. The molecule has 3 heterocycles. The summed E-state index contributed by atoms with van der Waals surface area (Å²) < 4.78 is 44.3. The van der Waals surface area contributed by atoms with Crippen LogP contribution in [0.3, 0.4) is 0 Å². The third-order valence-electron chi connectivity index (χ3n) is 4.74. The van der Waals surface area contributed by atoms with Gasteiger partial charge in [0.25, 0.3) is 0 Å². The Kier molecular flexibility index (Phi) is 5.19. The van der Waals surface area contributed by atoms with Gasteiger partial charge in [-0.05, 0) is 24.3 Å². The number of phenolic OH excluding ortho intramolecular Hbond substituents is 1. The van der Waals surface area contributed by atoms with Crippen LogP contribution in [-0.2, 0) is 14.6 Å². The number of carboxylic acid groups (broad SMARTS) is 1. The van der Waals surface area contributed by atoms with Gasteiger partial charge in [-0.2, -0.15) is 0 Å². The predicted molar refractivity (Wildman–Crippen MR) is 107 cm³/mol. The van der Waals surface area contributed by atoms with Gasteiger partial charge in [-0.15, -0.1) is 0 Å². The predicted octanol–water partition coefficient (Wildman–Crippen LogP) is 1.47. The number of carboxylic acids is 1. The SMILES string of the molecule is CS(=O)(=O)c1cc(C(=O)O)nc2c(-c3ccc(O)c(F)c3)nc(N3CCOCC3)nc12. The van der Waals surface area contributed by atoms with E-state index in [0.29, 0.717) is 26.3 Å². The van der Waals surface area contributed by atoms with Crippen molar-refractivity contribution >= 4 is 32.8 Å². The average molecular weight is 448 g/mol. The number of morpholine rings is 1. The number of hydrogen-bond donors (Lipinski definition) is 2. The molecule has 3 aromatic rings. The summed E-state index contributed by atoms with van der Waals surface area (Å²) >= 11 is 0. The first-order valence-corrected chi connectivity index (χ1v) is 11.0. The molecule has 0 bridgehead atoms. The number of aromatic carboxylic acids is 1. The number of pyridine rings is 1. The van der Waals surface area contributed by atoms with Gasteiger partial charge in [-0.25, -0.2) is 32.6 Å². The van der Waals surface area contributed by atoms with Gasteiger partial charge < -0.3 is 19.8 Å². The molecule has 1 aliphatic heterocycles. The van der Waals surface area contributed by atoms with Crippen LogP contribution in [0.4, 0.5) is 10.3 Å². The van der Waals surface area contributed by atoms with Crippen molar-refractivity contribution in [3.05, 3.63) is 35.8 Å². The van der Waals surface area contributed by atoms with Gasteiger partial charge in [0.15, 0.2) is 21.4 Å². The number of rotatable bonds is 4. The van der Waals surface area contributed by atoms with Crippen molar-refractivity contribution in [2.45, 2.75) is 4.90 Å². The van der Waals surface area contributed by atoms with E-state index in [-0.39, 0.29) is 33.1 Å². The average Bonchev–Trinajstić information content (AvgIpc) is 2.74. The van der Waals surface area contributed by atoms with Crippen LogP contribution in [0.15, 0.2) is 29.2 Å². The minimum atomic E-state index is -3.90. The molecule has 31 heavy (non-hydrogen) atoms. The number of aromatic nitrogens is 3. The first kappa shape index (κ1) is 20.9. The summed E-state index contributed by atoms with van der Waals surface area (Å²) in [6.07, 6.45) is 0.934. The lowest BCUT2D eigenvalue weighted by molar-refractivity contribution is 0.0690. The zero-order chi connectivity index (χ0) is 22.3. The Labute approximate surface area is 175 Å². The highest BCUT2D eigenvalue weighted by molar-refractivity contribution is 7.91. The highest BCUT2D eigenvalue weighted by atomic mass is 32.2. The molecule has 1 fully saturated rings. The fraction of sp³-hybridized carbons (Fsp3) is 0.263. The third-order valence-corrected chi connectivity index (χ3v) is 5.85. The Morgan fingerprint density at radius 2 is 1.84 bits per heavy atom. The highest BCUT2D eigenvalue weighted by Crippen LogP contribution is 2.33. The number of benzene rings is 1. The molecule has 162 valence electrons. The van der Waals surface area contributed by atoms with E-state index in [9.17, 15) is 27.8 Å². The second kappa shape index (κ2) is 7.71. The molecule has 1 saturated heterocycles.